The molecule has 0 radical (unpaired) electrons. The number of carbonyl (C=O) groups excluding carboxylic acids is 1. The predicted octanol–water partition coefficient (Wildman–Crippen LogP) is 2.95. The van der Waals surface area contributed by atoms with Crippen molar-refractivity contribution in [1.82, 2.24) is 10.4 Å². The van der Waals surface area contributed by atoms with E-state index in [1.165, 1.54) is 5.06 Å². The molecule has 4 nitrogen and oxygen atoms in total. The molecule has 1 saturated heterocycles. The lowest BCUT2D eigenvalue weighted by molar-refractivity contribution is -0.194. The second kappa shape index (κ2) is 5.06. The lowest BCUT2D eigenvalue weighted by Crippen LogP contribution is -2.53. The smallest absolute Gasteiger partial charge is 0.220 e. The Balaban J connectivity index is 2.71. The van der Waals surface area contributed by atoms with Gasteiger partial charge in [-0.3, -0.25) is 4.79 Å². The van der Waals surface area contributed by atoms with E-state index in [4.69, 9.17) is 0 Å². The maximum absolute atomic E-state index is 12.2. The highest BCUT2D eigenvalue weighted by atomic mass is 16.5. The third-order valence-corrected chi connectivity index (χ3v) is 4.61. The maximum atomic E-state index is 12.2. The van der Waals surface area contributed by atoms with Crippen LogP contribution in [0.2, 0.25) is 0 Å². The minimum Gasteiger partial charge on any atom is -0.351 e. The maximum Gasteiger partial charge on any atom is 0.220 e. The van der Waals surface area contributed by atoms with Crippen molar-refractivity contribution in [2.45, 2.75) is 84.8 Å². The van der Waals surface area contributed by atoms with Crippen LogP contribution in [0, 0.1) is 5.41 Å². The first kappa shape index (κ1) is 16.4. The molecule has 0 bridgehead atoms. The Kier molecular flexibility index (Phi) is 4.38. The summed E-state index contributed by atoms with van der Waals surface area (Å²) in [4.78, 5) is 12.2. The van der Waals surface area contributed by atoms with E-state index in [0.29, 0.717) is 6.42 Å². The number of hydroxylamine groups is 2. The van der Waals surface area contributed by atoms with Crippen LogP contribution in [0.25, 0.3) is 0 Å². The van der Waals surface area contributed by atoms with Gasteiger partial charge in [0.25, 0.3) is 0 Å². The van der Waals surface area contributed by atoms with Gasteiger partial charge in [-0.15, -0.1) is 0 Å². The van der Waals surface area contributed by atoms with Crippen molar-refractivity contribution in [2.75, 3.05) is 0 Å². The van der Waals surface area contributed by atoms with E-state index in [9.17, 15) is 10.0 Å². The molecule has 1 fully saturated rings. The number of rotatable bonds is 4. The Bertz CT molecular complexity index is 348. The molecule has 19 heavy (non-hydrogen) atoms. The first-order chi connectivity index (χ1) is 8.42. The molecule has 1 aliphatic rings. The van der Waals surface area contributed by atoms with Gasteiger partial charge in [-0.1, -0.05) is 27.2 Å². The summed E-state index contributed by atoms with van der Waals surface area (Å²) < 4.78 is 0. The Labute approximate surface area is 117 Å². The predicted molar refractivity (Wildman–Crippen MR) is 77.0 cm³/mol. The fourth-order valence-electron chi connectivity index (χ4n) is 2.80. The molecule has 1 amide bonds. The van der Waals surface area contributed by atoms with Crippen molar-refractivity contribution in [3.8, 4) is 0 Å². The molecule has 0 aromatic carbocycles. The topological polar surface area (TPSA) is 52.6 Å². The van der Waals surface area contributed by atoms with E-state index in [2.05, 4.69) is 26.1 Å². The first-order valence-corrected chi connectivity index (χ1v) is 7.21. The number of hydrogen-bond donors (Lipinski definition) is 2. The van der Waals surface area contributed by atoms with Crippen LogP contribution in [0.1, 0.15) is 67.7 Å². The summed E-state index contributed by atoms with van der Waals surface area (Å²) in [6, 6.07) is -0.0207. The summed E-state index contributed by atoms with van der Waals surface area (Å²) in [7, 11) is 0. The van der Waals surface area contributed by atoms with E-state index < -0.39 is 5.54 Å². The second-order valence-corrected chi connectivity index (χ2v) is 7.80. The van der Waals surface area contributed by atoms with Crippen LogP contribution >= 0.6 is 0 Å². The van der Waals surface area contributed by atoms with Crippen molar-refractivity contribution >= 4 is 5.91 Å². The summed E-state index contributed by atoms with van der Waals surface area (Å²) in [6.45, 7) is 14.2. The molecule has 1 heterocycles. The standard InChI is InChI=1S/C15H30N2O2/c1-8-13(2,3)10-12(18)16-11-9-14(4,5)17(19)15(11,6)7/h11,19H,8-10H2,1-7H3,(H,16,18). The third kappa shape index (κ3) is 3.48. The lowest BCUT2D eigenvalue weighted by Gasteiger charge is -2.36. The van der Waals surface area contributed by atoms with Crippen molar-refractivity contribution in [3.63, 3.8) is 0 Å². The normalized spacial score (nSPS) is 26.4. The van der Waals surface area contributed by atoms with E-state index >= 15 is 0 Å². The number of nitrogens with one attached hydrogen (secondary N) is 1. The van der Waals surface area contributed by atoms with Crippen LogP contribution in [0.15, 0.2) is 0 Å². The Morgan fingerprint density at radius 1 is 1.37 bits per heavy atom. The number of nitrogens with zero attached hydrogens (tertiary/aromatic N) is 1. The van der Waals surface area contributed by atoms with Gasteiger partial charge in [0.05, 0.1) is 11.6 Å². The minimum atomic E-state index is -0.435. The van der Waals surface area contributed by atoms with Gasteiger partial charge < -0.3 is 10.5 Å². The Morgan fingerprint density at radius 3 is 2.26 bits per heavy atom. The molecule has 1 rings (SSSR count). The summed E-state index contributed by atoms with van der Waals surface area (Å²) >= 11 is 0. The zero-order valence-corrected chi connectivity index (χ0v) is 13.5. The molecule has 0 aliphatic carbocycles. The molecule has 0 aromatic heterocycles. The van der Waals surface area contributed by atoms with E-state index in [1.807, 2.05) is 27.7 Å². The second-order valence-electron chi connectivity index (χ2n) is 7.80. The molecule has 0 spiro atoms. The highest BCUT2D eigenvalue weighted by molar-refractivity contribution is 5.77. The summed E-state index contributed by atoms with van der Waals surface area (Å²) in [6.07, 6.45) is 2.27. The van der Waals surface area contributed by atoms with Crippen LogP contribution in [0.4, 0.5) is 0 Å². The number of carbonyl (C=O) groups is 1. The minimum absolute atomic E-state index is 0.0207. The van der Waals surface area contributed by atoms with Crippen LogP contribution in [-0.4, -0.2) is 33.3 Å². The molecule has 1 unspecified atom stereocenters. The summed E-state index contributed by atoms with van der Waals surface area (Å²) in [5, 5.41) is 14.7. The van der Waals surface area contributed by atoms with Crippen LogP contribution in [-0.2, 0) is 4.79 Å². The number of amides is 1. The summed E-state index contributed by atoms with van der Waals surface area (Å²) in [5.74, 6) is 0.0797. The SMILES string of the molecule is CCC(C)(C)CC(=O)NC1CC(C)(C)N(O)C1(C)C. The first-order valence-electron chi connectivity index (χ1n) is 7.21. The highest BCUT2D eigenvalue weighted by Gasteiger charge is 2.51. The molecular weight excluding hydrogens is 240 g/mol. The molecule has 1 aliphatic heterocycles. The van der Waals surface area contributed by atoms with Gasteiger partial charge in [0.1, 0.15) is 0 Å². The van der Waals surface area contributed by atoms with Gasteiger partial charge in [0, 0.05) is 12.0 Å². The Hall–Kier alpha value is -0.610. The van der Waals surface area contributed by atoms with Gasteiger partial charge in [-0.2, -0.15) is 5.06 Å². The molecule has 0 aromatic rings. The third-order valence-electron chi connectivity index (χ3n) is 4.61. The van der Waals surface area contributed by atoms with Crippen molar-refractivity contribution in [3.05, 3.63) is 0 Å². The van der Waals surface area contributed by atoms with Gasteiger partial charge in [0.15, 0.2) is 0 Å². The quantitative estimate of drug-likeness (QED) is 0.826. The molecule has 2 N–H and O–H groups in total. The lowest BCUT2D eigenvalue weighted by atomic mass is 9.85. The van der Waals surface area contributed by atoms with E-state index in [-0.39, 0.29) is 22.9 Å². The number of hydrogen-bond acceptors (Lipinski definition) is 3. The fourth-order valence-corrected chi connectivity index (χ4v) is 2.80. The average Bonchev–Trinajstić information content (AvgIpc) is 2.39. The monoisotopic (exact) mass is 270 g/mol. The van der Waals surface area contributed by atoms with Gasteiger partial charge in [-0.05, 0) is 39.5 Å². The Morgan fingerprint density at radius 2 is 1.89 bits per heavy atom. The van der Waals surface area contributed by atoms with Crippen LogP contribution in [0.3, 0.4) is 0 Å². The van der Waals surface area contributed by atoms with E-state index in [1.54, 1.807) is 0 Å². The van der Waals surface area contributed by atoms with Gasteiger partial charge >= 0.3 is 0 Å². The average molecular weight is 270 g/mol. The van der Waals surface area contributed by atoms with Gasteiger partial charge in [-0.25, -0.2) is 0 Å². The molecule has 1 atom stereocenters. The molecule has 0 saturated carbocycles. The molecule has 4 heteroatoms. The van der Waals surface area contributed by atoms with Crippen molar-refractivity contribution in [1.29, 1.82) is 0 Å². The van der Waals surface area contributed by atoms with Gasteiger partial charge in [0.2, 0.25) is 5.91 Å². The molecule has 112 valence electrons. The largest absolute Gasteiger partial charge is 0.351 e. The highest BCUT2D eigenvalue weighted by Crippen LogP contribution is 2.39. The zero-order valence-electron chi connectivity index (χ0n) is 13.5. The van der Waals surface area contributed by atoms with Crippen LogP contribution < -0.4 is 5.32 Å². The molecular formula is C15H30N2O2. The summed E-state index contributed by atoms with van der Waals surface area (Å²) in [5.41, 5.74) is -0.710. The van der Waals surface area contributed by atoms with Crippen molar-refractivity contribution in [2.24, 2.45) is 5.41 Å². The van der Waals surface area contributed by atoms with Crippen molar-refractivity contribution < 1.29 is 10.0 Å². The zero-order chi connectivity index (χ0) is 15.1. The van der Waals surface area contributed by atoms with E-state index in [0.717, 1.165) is 12.8 Å². The fraction of sp³-hybridized carbons (Fsp3) is 0.933. The van der Waals surface area contributed by atoms with Crippen LogP contribution in [0.5, 0.6) is 0 Å².